The highest BCUT2D eigenvalue weighted by atomic mass is 16.5. The fraction of sp³-hybridized carbons (Fsp3) is 0.524. The van der Waals surface area contributed by atoms with Gasteiger partial charge in [0.15, 0.2) is 0 Å². The number of carbonyl (C=O) groups is 1. The monoisotopic (exact) mass is 338 g/mol. The highest BCUT2D eigenvalue weighted by Gasteiger charge is 2.59. The maximum atomic E-state index is 12.7. The highest BCUT2D eigenvalue weighted by Crippen LogP contribution is 2.53. The molecule has 3 heterocycles. The van der Waals surface area contributed by atoms with Gasteiger partial charge >= 0.3 is 5.97 Å². The Labute approximate surface area is 149 Å². The van der Waals surface area contributed by atoms with E-state index in [-0.39, 0.29) is 11.4 Å². The van der Waals surface area contributed by atoms with Gasteiger partial charge in [-0.1, -0.05) is 25.1 Å². The molecular weight excluding hydrogens is 312 g/mol. The molecule has 0 spiro atoms. The molecule has 4 nitrogen and oxygen atoms in total. The lowest BCUT2D eigenvalue weighted by molar-refractivity contribution is -0.157. The zero-order valence-electron chi connectivity index (χ0n) is 15.1. The fourth-order valence-corrected chi connectivity index (χ4v) is 5.05. The lowest BCUT2D eigenvalue weighted by Crippen LogP contribution is -2.44. The first-order valence-corrected chi connectivity index (χ1v) is 9.45. The molecular formula is C21H26N2O2. The summed E-state index contributed by atoms with van der Waals surface area (Å²) >= 11 is 0. The van der Waals surface area contributed by atoms with Crippen molar-refractivity contribution >= 4 is 16.9 Å². The standard InChI is InChI=1S/C21H26N2O2/c1-3-21(20(24)25-4-2)13-16-9-10-19(21)23(16)14-15-11-12-22-18-8-6-5-7-17(15)18/h5-8,11-12,16,19H,3-4,9-10,13-14H2,1-2H3/t16-,19+,21+/m0/s1. The molecule has 4 heteroatoms. The smallest absolute Gasteiger partial charge is 0.313 e. The van der Waals surface area contributed by atoms with Gasteiger partial charge in [-0.15, -0.1) is 0 Å². The van der Waals surface area contributed by atoms with Crippen molar-refractivity contribution in [3.63, 3.8) is 0 Å². The first kappa shape index (κ1) is 16.5. The molecule has 2 bridgehead atoms. The topological polar surface area (TPSA) is 42.4 Å². The van der Waals surface area contributed by atoms with Crippen molar-refractivity contribution in [2.45, 2.75) is 58.2 Å². The Hall–Kier alpha value is -1.94. The van der Waals surface area contributed by atoms with Gasteiger partial charge in [0.2, 0.25) is 0 Å². The summed E-state index contributed by atoms with van der Waals surface area (Å²) in [4.78, 5) is 19.8. The van der Waals surface area contributed by atoms with Crippen LogP contribution in [0.1, 0.15) is 45.1 Å². The molecule has 0 N–H and O–H groups in total. The molecule has 4 rings (SSSR count). The number of aromatic nitrogens is 1. The minimum atomic E-state index is -0.318. The second-order valence-corrected chi connectivity index (χ2v) is 7.34. The molecule has 2 aliphatic rings. The third kappa shape index (κ3) is 2.54. The van der Waals surface area contributed by atoms with E-state index in [9.17, 15) is 4.79 Å². The average molecular weight is 338 g/mol. The Kier molecular flexibility index (Phi) is 4.24. The number of hydrogen-bond donors (Lipinski definition) is 0. The predicted molar refractivity (Wildman–Crippen MR) is 98.1 cm³/mol. The van der Waals surface area contributed by atoms with Crippen LogP contribution in [-0.4, -0.2) is 34.5 Å². The molecule has 2 fully saturated rings. The molecule has 1 aromatic carbocycles. The second-order valence-electron chi connectivity index (χ2n) is 7.34. The summed E-state index contributed by atoms with van der Waals surface area (Å²) in [5, 5.41) is 1.22. The average Bonchev–Trinajstić information content (AvgIpc) is 3.17. The van der Waals surface area contributed by atoms with Crippen molar-refractivity contribution in [2.24, 2.45) is 5.41 Å². The van der Waals surface area contributed by atoms with Gasteiger partial charge in [-0.2, -0.15) is 0 Å². The van der Waals surface area contributed by atoms with E-state index >= 15 is 0 Å². The van der Waals surface area contributed by atoms with E-state index in [1.165, 1.54) is 17.4 Å². The van der Waals surface area contributed by atoms with Crippen LogP contribution in [0.5, 0.6) is 0 Å². The van der Waals surface area contributed by atoms with Crippen molar-refractivity contribution in [3.8, 4) is 0 Å². The number of esters is 1. The van der Waals surface area contributed by atoms with Crippen LogP contribution in [0.4, 0.5) is 0 Å². The van der Waals surface area contributed by atoms with Gasteiger partial charge in [-0.25, -0.2) is 0 Å². The van der Waals surface area contributed by atoms with E-state index in [1.807, 2.05) is 19.2 Å². The quantitative estimate of drug-likeness (QED) is 0.775. The van der Waals surface area contributed by atoms with Gasteiger partial charge in [-0.3, -0.25) is 14.7 Å². The molecule has 25 heavy (non-hydrogen) atoms. The largest absolute Gasteiger partial charge is 0.466 e. The van der Waals surface area contributed by atoms with Crippen LogP contribution in [0.3, 0.4) is 0 Å². The van der Waals surface area contributed by atoms with Crippen molar-refractivity contribution in [1.82, 2.24) is 9.88 Å². The fourth-order valence-electron chi connectivity index (χ4n) is 5.05. The summed E-state index contributed by atoms with van der Waals surface area (Å²) < 4.78 is 5.47. The second kappa shape index (κ2) is 6.41. The molecule has 0 aliphatic carbocycles. The number of pyridine rings is 1. The van der Waals surface area contributed by atoms with Crippen molar-refractivity contribution < 1.29 is 9.53 Å². The third-order valence-corrected chi connectivity index (χ3v) is 6.29. The maximum Gasteiger partial charge on any atom is 0.313 e. The number of ether oxygens (including phenoxy) is 1. The Morgan fingerprint density at radius 3 is 2.92 bits per heavy atom. The summed E-state index contributed by atoms with van der Waals surface area (Å²) in [7, 11) is 0. The molecule has 0 unspecified atom stereocenters. The van der Waals surface area contributed by atoms with Crippen molar-refractivity contribution in [1.29, 1.82) is 0 Å². The number of carbonyl (C=O) groups excluding carboxylic acids is 1. The molecule has 0 radical (unpaired) electrons. The first-order valence-electron chi connectivity index (χ1n) is 9.45. The van der Waals surface area contributed by atoms with Crippen LogP contribution < -0.4 is 0 Å². The minimum Gasteiger partial charge on any atom is -0.466 e. The Bertz CT molecular complexity index is 785. The first-order chi connectivity index (χ1) is 12.2. The highest BCUT2D eigenvalue weighted by molar-refractivity contribution is 5.82. The molecule has 1 aromatic heterocycles. The summed E-state index contributed by atoms with van der Waals surface area (Å²) in [6.45, 7) is 5.39. The Morgan fingerprint density at radius 2 is 2.12 bits per heavy atom. The summed E-state index contributed by atoms with van der Waals surface area (Å²) in [5.74, 6) is 0.00860. The van der Waals surface area contributed by atoms with Gasteiger partial charge in [0, 0.05) is 30.2 Å². The summed E-state index contributed by atoms with van der Waals surface area (Å²) in [5.41, 5.74) is 2.03. The molecule has 132 valence electrons. The van der Waals surface area contributed by atoms with Gasteiger partial charge in [0.25, 0.3) is 0 Å². The number of para-hydroxylation sites is 1. The Morgan fingerprint density at radius 1 is 1.28 bits per heavy atom. The summed E-state index contributed by atoms with van der Waals surface area (Å²) in [6.07, 6.45) is 5.99. The van der Waals surface area contributed by atoms with Crippen LogP contribution in [0, 0.1) is 5.41 Å². The van der Waals surface area contributed by atoms with E-state index in [2.05, 4.69) is 41.1 Å². The minimum absolute atomic E-state index is 0.00860. The van der Waals surface area contributed by atoms with Crippen LogP contribution in [0.25, 0.3) is 10.9 Å². The van der Waals surface area contributed by atoms with Gasteiger partial charge < -0.3 is 4.74 Å². The van der Waals surface area contributed by atoms with Crippen molar-refractivity contribution in [3.05, 3.63) is 42.1 Å². The maximum absolute atomic E-state index is 12.7. The van der Waals surface area contributed by atoms with E-state index in [0.717, 1.165) is 31.3 Å². The van der Waals surface area contributed by atoms with E-state index in [0.29, 0.717) is 18.7 Å². The number of rotatable bonds is 5. The normalized spacial score (nSPS) is 28.6. The number of hydrogen-bond acceptors (Lipinski definition) is 4. The zero-order chi connectivity index (χ0) is 17.4. The number of nitrogens with zero attached hydrogens (tertiary/aromatic N) is 2. The molecule has 2 aliphatic heterocycles. The predicted octanol–water partition coefficient (Wildman–Crippen LogP) is 3.93. The molecule has 3 atom stereocenters. The van der Waals surface area contributed by atoms with Crippen LogP contribution >= 0.6 is 0 Å². The van der Waals surface area contributed by atoms with Gasteiger partial charge in [-0.05, 0) is 50.3 Å². The molecule has 0 saturated carbocycles. The van der Waals surface area contributed by atoms with E-state index in [1.54, 1.807) is 0 Å². The molecule has 0 amide bonds. The Balaban J connectivity index is 1.64. The molecule has 2 saturated heterocycles. The van der Waals surface area contributed by atoms with Gasteiger partial charge in [0.1, 0.15) is 0 Å². The number of benzene rings is 1. The van der Waals surface area contributed by atoms with Crippen LogP contribution in [-0.2, 0) is 16.1 Å². The van der Waals surface area contributed by atoms with Crippen LogP contribution in [0.15, 0.2) is 36.5 Å². The van der Waals surface area contributed by atoms with Crippen molar-refractivity contribution in [2.75, 3.05) is 6.61 Å². The number of fused-ring (bicyclic) bond motifs is 3. The third-order valence-electron chi connectivity index (χ3n) is 6.29. The SMILES string of the molecule is CCOC(=O)[C@]1(CC)C[C@@H]2CC[C@H]1N2Cc1ccnc2ccccc12. The van der Waals surface area contributed by atoms with Gasteiger partial charge in [0.05, 0.1) is 17.5 Å². The molecule has 2 aromatic rings. The van der Waals surface area contributed by atoms with E-state index in [4.69, 9.17) is 4.74 Å². The lowest BCUT2D eigenvalue weighted by Gasteiger charge is -2.34. The van der Waals surface area contributed by atoms with E-state index < -0.39 is 0 Å². The lowest BCUT2D eigenvalue weighted by atomic mass is 9.72. The summed E-state index contributed by atoms with van der Waals surface area (Å²) in [6, 6.07) is 11.2. The van der Waals surface area contributed by atoms with Crippen LogP contribution in [0.2, 0.25) is 0 Å². The zero-order valence-corrected chi connectivity index (χ0v) is 15.1.